The number of rotatable bonds is 4. The maximum Gasteiger partial charge on any atom is 0.408 e. The average molecular weight is 249 g/mol. The lowest BCUT2D eigenvalue weighted by molar-refractivity contribution is 0.182. The van der Waals surface area contributed by atoms with Gasteiger partial charge in [0.25, 0.3) is 0 Å². The van der Waals surface area contributed by atoms with E-state index in [4.69, 9.17) is 9.84 Å². The quantitative estimate of drug-likeness (QED) is 0.822. The second-order valence-electron chi connectivity index (χ2n) is 4.17. The third-order valence-electron chi connectivity index (χ3n) is 2.44. The number of amides is 1. The van der Waals surface area contributed by atoms with Crippen LogP contribution in [0.1, 0.15) is 20.3 Å². The van der Waals surface area contributed by atoms with Gasteiger partial charge >= 0.3 is 6.09 Å². The molecule has 1 aliphatic heterocycles. The predicted molar refractivity (Wildman–Crippen MR) is 64.1 cm³/mol. The zero-order valence-electron chi connectivity index (χ0n) is 10.3. The van der Waals surface area contributed by atoms with Gasteiger partial charge in [0, 0.05) is 13.0 Å². The topological polar surface area (TPSA) is 83.3 Å². The Labute approximate surface area is 104 Å². The maximum absolute atomic E-state index is 10.7. The number of carbonyl (C=O) groups is 1. The minimum absolute atomic E-state index is 0.639. The molecule has 6 nitrogen and oxygen atoms in total. The Hall–Kier alpha value is -2.11. The van der Waals surface area contributed by atoms with E-state index < -0.39 is 11.9 Å². The molecule has 0 radical (unpaired) electrons. The van der Waals surface area contributed by atoms with Crippen LogP contribution in [-0.2, 0) is 0 Å². The summed E-state index contributed by atoms with van der Waals surface area (Å²) in [6.07, 6.45) is -0.225. The van der Waals surface area contributed by atoms with Crippen molar-refractivity contribution in [1.82, 2.24) is 5.32 Å². The molecule has 0 saturated heterocycles. The molecule has 6 heteroatoms. The van der Waals surface area contributed by atoms with Crippen LogP contribution in [0.5, 0.6) is 5.75 Å². The van der Waals surface area contributed by atoms with Gasteiger partial charge in [-0.2, -0.15) is 0 Å². The first-order valence-corrected chi connectivity index (χ1v) is 5.76. The largest absolute Gasteiger partial charge is 0.494 e. The molecule has 0 saturated carbocycles. The molecule has 1 amide bonds. The Morgan fingerprint density at radius 3 is 2.83 bits per heavy atom. The fourth-order valence-corrected chi connectivity index (χ4v) is 1.75. The number of nitrogens with one attached hydrogen (secondary N) is 1. The van der Waals surface area contributed by atoms with E-state index in [1.54, 1.807) is 25.1 Å². The molecule has 1 atom stereocenters. The number of hydrogen-bond acceptors (Lipinski definition) is 4. The van der Waals surface area contributed by atoms with Gasteiger partial charge in [0.2, 0.25) is 5.79 Å². The van der Waals surface area contributed by atoms with Gasteiger partial charge in [-0.15, -0.1) is 0 Å². The Balaban J connectivity index is 2.30. The van der Waals surface area contributed by atoms with Crippen LogP contribution in [0.2, 0.25) is 0 Å². The highest BCUT2D eigenvalue weighted by Gasteiger charge is 2.26. The van der Waals surface area contributed by atoms with Gasteiger partial charge in [0.05, 0.1) is 17.3 Å². The van der Waals surface area contributed by atoms with Gasteiger partial charge in [-0.05, 0) is 18.6 Å². The monoisotopic (exact) mass is 249 g/mol. The predicted octanol–water partition coefficient (Wildman–Crippen LogP) is 0.670. The molecule has 96 valence electrons. The molecule has 1 aromatic rings. The zero-order chi connectivity index (χ0) is 13.2. The highest BCUT2D eigenvalue weighted by atomic mass is 16.5. The van der Waals surface area contributed by atoms with Crippen LogP contribution >= 0.6 is 0 Å². The normalized spacial score (nSPS) is 20.6. The van der Waals surface area contributed by atoms with Gasteiger partial charge in [-0.3, -0.25) is 5.32 Å². The van der Waals surface area contributed by atoms with E-state index in [0.29, 0.717) is 23.1 Å². The molecular weight excluding hydrogens is 234 g/mol. The van der Waals surface area contributed by atoms with Crippen LogP contribution in [0.4, 0.5) is 4.79 Å². The molecule has 0 bridgehead atoms. The number of nitrogens with zero attached hydrogens (tertiary/aromatic N) is 2. The van der Waals surface area contributed by atoms with E-state index in [-0.39, 0.29) is 0 Å². The molecule has 1 aliphatic rings. The van der Waals surface area contributed by atoms with Crippen molar-refractivity contribution in [1.29, 1.82) is 0 Å². The van der Waals surface area contributed by atoms with Crippen molar-refractivity contribution in [3.8, 4) is 5.75 Å². The summed E-state index contributed by atoms with van der Waals surface area (Å²) in [5, 5.41) is 12.3. The SMILES string of the molecule is CCCOc1ccc2c(c1)=NC(C)(NC(=O)O)N=2. The number of carboxylic acid groups (broad SMARTS) is 1. The van der Waals surface area contributed by atoms with E-state index in [1.807, 2.05) is 6.92 Å². The van der Waals surface area contributed by atoms with Gasteiger partial charge in [0.1, 0.15) is 5.75 Å². The summed E-state index contributed by atoms with van der Waals surface area (Å²) in [5.41, 5.74) is 0. The van der Waals surface area contributed by atoms with Crippen LogP contribution in [-0.4, -0.2) is 23.6 Å². The van der Waals surface area contributed by atoms with Crippen molar-refractivity contribution >= 4 is 6.09 Å². The molecule has 2 rings (SSSR count). The maximum atomic E-state index is 10.7. The Morgan fingerprint density at radius 1 is 1.44 bits per heavy atom. The smallest absolute Gasteiger partial charge is 0.408 e. The van der Waals surface area contributed by atoms with Crippen molar-refractivity contribution in [2.24, 2.45) is 9.98 Å². The summed E-state index contributed by atoms with van der Waals surface area (Å²) < 4.78 is 5.49. The van der Waals surface area contributed by atoms with Crippen molar-refractivity contribution < 1.29 is 14.6 Å². The van der Waals surface area contributed by atoms with Gasteiger partial charge in [-0.1, -0.05) is 6.92 Å². The van der Waals surface area contributed by atoms with Gasteiger partial charge < -0.3 is 9.84 Å². The van der Waals surface area contributed by atoms with Crippen molar-refractivity contribution in [3.63, 3.8) is 0 Å². The first-order chi connectivity index (χ1) is 8.52. The van der Waals surface area contributed by atoms with Crippen LogP contribution in [0, 0.1) is 0 Å². The Morgan fingerprint density at radius 2 is 2.17 bits per heavy atom. The van der Waals surface area contributed by atoms with Crippen molar-refractivity contribution in [3.05, 3.63) is 28.9 Å². The molecule has 2 N–H and O–H groups in total. The molecule has 0 fully saturated rings. The van der Waals surface area contributed by atoms with E-state index in [0.717, 1.165) is 6.42 Å². The summed E-state index contributed by atoms with van der Waals surface area (Å²) in [7, 11) is 0. The molecule has 1 heterocycles. The summed E-state index contributed by atoms with van der Waals surface area (Å²) >= 11 is 0. The van der Waals surface area contributed by atoms with Gasteiger partial charge in [-0.25, -0.2) is 14.8 Å². The lowest BCUT2D eigenvalue weighted by Crippen LogP contribution is -2.41. The Kier molecular flexibility index (Phi) is 3.18. The van der Waals surface area contributed by atoms with Crippen LogP contribution in [0.3, 0.4) is 0 Å². The second kappa shape index (κ2) is 4.64. The first kappa shape index (κ1) is 12.3. The van der Waals surface area contributed by atoms with Crippen molar-refractivity contribution in [2.75, 3.05) is 6.61 Å². The van der Waals surface area contributed by atoms with Gasteiger partial charge in [0.15, 0.2) is 0 Å². The highest BCUT2D eigenvalue weighted by molar-refractivity contribution is 5.65. The fourth-order valence-electron chi connectivity index (χ4n) is 1.75. The van der Waals surface area contributed by atoms with E-state index >= 15 is 0 Å². The third kappa shape index (κ3) is 2.58. The van der Waals surface area contributed by atoms with Crippen LogP contribution < -0.4 is 20.8 Å². The molecule has 0 aromatic heterocycles. The molecule has 0 spiro atoms. The minimum Gasteiger partial charge on any atom is -0.494 e. The number of fused-ring (bicyclic) bond motifs is 1. The van der Waals surface area contributed by atoms with Crippen LogP contribution in [0.25, 0.3) is 0 Å². The zero-order valence-corrected chi connectivity index (χ0v) is 10.3. The molecular formula is C12H15N3O3. The fraction of sp³-hybridized carbons (Fsp3) is 0.417. The standard InChI is InChI=1S/C12H15N3O3/c1-3-6-18-8-4-5-9-10(7-8)14-12(2,13-9)15-11(16)17/h4-5,7,15H,3,6H2,1-2H3,(H,16,17). The summed E-state index contributed by atoms with van der Waals surface area (Å²) in [5.74, 6) is -0.425. The van der Waals surface area contributed by atoms with E-state index in [9.17, 15) is 4.79 Å². The second-order valence-corrected chi connectivity index (χ2v) is 4.17. The van der Waals surface area contributed by atoms with Crippen LogP contribution in [0.15, 0.2) is 28.2 Å². The average Bonchev–Trinajstić information content (AvgIpc) is 2.59. The highest BCUT2D eigenvalue weighted by Crippen LogP contribution is 2.11. The van der Waals surface area contributed by atoms with E-state index in [2.05, 4.69) is 15.3 Å². The number of benzene rings is 1. The summed E-state index contributed by atoms with van der Waals surface area (Å²) in [6.45, 7) is 4.27. The molecule has 1 unspecified atom stereocenters. The molecule has 18 heavy (non-hydrogen) atoms. The number of ether oxygens (including phenoxy) is 1. The lowest BCUT2D eigenvalue weighted by atomic mass is 10.3. The summed E-state index contributed by atoms with van der Waals surface area (Å²) in [6, 6.07) is 5.35. The first-order valence-electron chi connectivity index (χ1n) is 5.76. The molecule has 1 aromatic carbocycles. The van der Waals surface area contributed by atoms with E-state index in [1.165, 1.54) is 0 Å². The number of hydrogen-bond donors (Lipinski definition) is 2. The minimum atomic E-state index is -1.15. The third-order valence-corrected chi connectivity index (χ3v) is 2.44. The molecule has 0 aliphatic carbocycles. The lowest BCUT2D eigenvalue weighted by Gasteiger charge is -2.16. The Bertz CT molecular complexity index is 585. The van der Waals surface area contributed by atoms with Crippen molar-refractivity contribution in [2.45, 2.75) is 26.1 Å². The summed E-state index contributed by atoms with van der Waals surface area (Å²) in [4.78, 5) is 19.1.